The van der Waals surface area contributed by atoms with Crippen LogP contribution in [0.5, 0.6) is 0 Å². The van der Waals surface area contributed by atoms with Crippen LogP contribution in [0.25, 0.3) is 0 Å². The Morgan fingerprint density at radius 3 is 2.26 bits per heavy atom. The number of hydrogen-bond acceptors (Lipinski definition) is 5. The minimum Gasteiger partial charge on any atom is -0.466 e. The first-order valence-corrected chi connectivity index (χ1v) is 8.80. The first kappa shape index (κ1) is 19.1. The van der Waals surface area contributed by atoms with Gasteiger partial charge in [0.2, 0.25) is 15.9 Å². The van der Waals surface area contributed by atoms with E-state index in [1.165, 1.54) is 24.3 Å². The van der Waals surface area contributed by atoms with E-state index in [0.29, 0.717) is 5.69 Å². The molecule has 8 heteroatoms. The van der Waals surface area contributed by atoms with Gasteiger partial charge in [-0.2, -0.15) is 0 Å². The topological polar surface area (TPSA) is 102 Å². The van der Waals surface area contributed by atoms with Crippen molar-refractivity contribution in [3.63, 3.8) is 0 Å². The third kappa shape index (κ3) is 6.79. The van der Waals surface area contributed by atoms with Gasteiger partial charge >= 0.3 is 5.97 Å². The Balaban J connectivity index is 2.60. The van der Waals surface area contributed by atoms with E-state index in [9.17, 15) is 18.0 Å². The molecule has 0 heterocycles. The van der Waals surface area contributed by atoms with Gasteiger partial charge in [-0.1, -0.05) is 0 Å². The molecule has 0 bridgehead atoms. The van der Waals surface area contributed by atoms with Gasteiger partial charge in [0, 0.05) is 18.2 Å². The molecular formula is C15H22N2O5S. The van der Waals surface area contributed by atoms with Gasteiger partial charge in [-0.05, 0) is 45.0 Å². The van der Waals surface area contributed by atoms with Gasteiger partial charge in [-0.25, -0.2) is 13.1 Å². The summed E-state index contributed by atoms with van der Waals surface area (Å²) in [5, 5.41) is 2.60. The Morgan fingerprint density at radius 2 is 1.74 bits per heavy atom. The number of esters is 1. The van der Waals surface area contributed by atoms with Crippen molar-refractivity contribution in [2.75, 3.05) is 11.9 Å². The van der Waals surface area contributed by atoms with Crippen molar-refractivity contribution in [3.8, 4) is 0 Å². The van der Waals surface area contributed by atoms with Crippen LogP contribution < -0.4 is 10.0 Å². The number of rotatable bonds is 8. The maximum atomic E-state index is 12.0. The molecule has 0 unspecified atom stereocenters. The molecule has 0 saturated carbocycles. The molecule has 128 valence electrons. The van der Waals surface area contributed by atoms with Crippen LogP contribution in [0.1, 0.15) is 33.6 Å². The summed E-state index contributed by atoms with van der Waals surface area (Å²) in [7, 11) is -3.56. The minimum atomic E-state index is -3.56. The highest BCUT2D eigenvalue weighted by atomic mass is 32.2. The molecule has 0 aliphatic heterocycles. The summed E-state index contributed by atoms with van der Waals surface area (Å²) in [6, 6.07) is 5.60. The quantitative estimate of drug-likeness (QED) is 0.700. The molecule has 0 spiro atoms. The zero-order valence-corrected chi connectivity index (χ0v) is 14.3. The maximum absolute atomic E-state index is 12.0. The summed E-state index contributed by atoms with van der Waals surface area (Å²) in [5.74, 6) is -0.766. The van der Waals surface area contributed by atoms with Crippen LogP contribution in [-0.2, 0) is 24.3 Å². The number of amides is 1. The van der Waals surface area contributed by atoms with Crippen molar-refractivity contribution < 1.29 is 22.7 Å². The second kappa shape index (κ2) is 8.64. The Kier molecular flexibility index (Phi) is 7.18. The van der Waals surface area contributed by atoms with Crippen molar-refractivity contribution in [2.24, 2.45) is 0 Å². The number of carbonyl (C=O) groups excluding carboxylic acids is 2. The molecule has 0 fully saturated rings. The van der Waals surface area contributed by atoms with Gasteiger partial charge < -0.3 is 10.1 Å². The minimum absolute atomic E-state index is 0.00441. The zero-order valence-electron chi connectivity index (χ0n) is 13.5. The molecule has 0 saturated heterocycles. The summed E-state index contributed by atoms with van der Waals surface area (Å²) in [4.78, 5) is 23.0. The lowest BCUT2D eigenvalue weighted by Crippen LogP contribution is -2.30. The number of ether oxygens (including phenoxy) is 1. The van der Waals surface area contributed by atoms with Crippen LogP contribution in [0.2, 0.25) is 0 Å². The predicted octanol–water partition coefficient (Wildman–Crippen LogP) is 1.66. The Morgan fingerprint density at radius 1 is 1.13 bits per heavy atom. The Labute approximate surface area is 136 Å². The molecule has 1 amide bonds. The van der Waals surface area contributed by atoms with Crippen molar-refractivity contribution in [3.05, 3.63) is 24.3 Å². The molecule has 23 heavy (non-hydrogen) atoms. The Bertz CT molecular complexity index is 638. The Hall–Kier alpha value is -1.93. The predicted molar refractivity (Wildman–Crippen MR) is 86.4 cm³/mol. The molecule has 1 rings (SSSR count). The molecule has 0 atom stereocenters. The van der Waals surface area contributed by atoms with Gasteiger partial charge in [0.1, 0.15) is 0 Å². The molecule has 7 nitrogen and oxygen atoms in total. The van der Waals surface area contributed by atoms with Crippen molar-refractivity contribution in [2.45, 2.75) is 44.6 Å². The second-order valence-electron chi connectivity index (χ2n) is 5.15. The van der Waals surface area contributed by atoms with Crippen LogP contribution in [0, 0.1) is 0 Å². The van der Waals surface area contributed by atoms with E-state index >= 15 is 0 Å². The van der Waals surface area contributed by atoms with E-state index in [1.54, 1.807) is 20.8 Å². The number of carbonyl (C=O) groups is 2. The lowest BCUT2D eigenvalue weighted by molar-refractivity contribution is -0.144. The largest absolute Gasteiger partial charge is 0.466 e. The van der Waals surface area contributed by atoms with Gasteiger partial charge in [0.05, 0.1) is 17.9 Å². The fourth-order valence-corrected chi connectivity index (χ4v) is 3.02. The molecule has 1 aromatic carbocycles. The zero-order chi connectivity index (χ0) is 17.5. The smallest absolute Gasteiger partial charge is 0.306 e. The first-order valence-electron chi connectivity index (χ1n) is 7.32. The van der Waals surface area contributed by atoms with E-state index < -0.39 is 16.0 Å². The lowest BCUT2D eigenvalue weighted by Gasteiger charge is -2.10. The van der Waals surface area contributed by atoms with Gasteiger partial charge in [0.25, 0.3) is 0 Å². The number of sulfonamides is 1. The fraction of sp³-hybridized carbons (Fsp3) is 0.467. The molecule has 0 aliphatic rings. The molecule has 1 aromatic rings. The molecule has 0 radical (unpaired) electrons. The van der Waals surface area contributed by atoms with E-state index in [0.717, 1.165) is 0 Å². The van der Waals surface area contributed by atoms with Gasteiger partial charge in [0.15, 0.2) is 0 Å². The van der Waals surface area contributed by atoms with Crippen LogP contribution in [-0.4, -0.2) is 32.9 Å². The normalized spacial score (nSPS) is 11.3. The monoisotopic (exact) mass is 342 g/mol. The van der Waals surface area contributed by atoms with Gasteiger partial charge in [-0.3, -0.25) is 9.59 Å². The van der Waals surface area contributed by atoms with Gasteiger partial charge in [-0.15, -0.1) is 0 Å². The second-order valence-corrected chi connectivity index (χ2v) is 6.87. The SMILES string of the molecule is CCOC(=O)CCC(=O)Nc1ccc(S(=O)(=O)NC(C)C)cc1. The fourth-order valence-electron chi connectivity index (χ4n) is 1.77. The average molecular weight is 342 g/mol. The van der Waals surface area contributed by atoms with E-state index in [-0.39, 0.29) is 36.3 Å². The van der Waals surface area contributed by atoms with Crippen molar-refractivity contribution >= 4 is 27.6 Å². The summed E-state index contributed by atoms with van der Waals surface area (Å²) in [5.41, 5.74) is 0.461. The highest BCUT2D eigenvalue weighted by molar-refractivity contribution is 7.89. The summed E-state index contributed by atoms with van der Waals surface area (Å²) in [6.45, 7) is 5.44. The first-order chi connectivity index (χ1) is 10.7. The lowest BCUT2D eigenvalue weighted by atomic mass is 10.2. The maximum Gasteiger partial charge on any atom is 0.306 e. The van der Waals surface area contributed by atoms with Crippen LogP contribution in [0.15, 0.2) is 29.2 Å². The average Bonchev–Trinajstić information content (AvgIpc) is 2.45. The molecule has 0 aliphatic carbocycles. The van der Waals surface area contributed by atoms with E-state index in [2.05, 4.69) is 10.0 Å². The van der Waals surface area contributed by atoms with Crippen LogP contribution in [0.3, 0.4) is 0 Å². The van der Waals surface area contributed by atoms with E-state index in [4.69, 9.17) is 4.74 Å². The van der Waals surface area contributed by atoms with Crippen LogP contribution >= 0.6 is 0 Å². The standard InChI is InChI=1S/C15H22N2O5S/c1-4-22-15(19)10-9-14(18)16-12-5-7-13(8-6-12)23(20,21)17-11(2)3/h5-8,11,17H,4,9-10H2,1-3H3,(H,16,18). The summed E-state index contributed by atoms with van der Waals surface area (Å²) < 4.78 is 31.1. The highest BCUT2D eigenvalue weighted by Crippen LogP contribution is 2.14. The van der Waals surface area contributed by atoms with Crippen LogP contribution in [0.4, 0.5) is 5.69 Å². The van der Waals surface area contributed by atoms with E-state index in [1.807, 2.05) is 0 Å². The molecule has 2 N–H and O–H groups in total. The molecular weight excluding hydrogens is 320 g/mol. The number of hydrogen-bond donors (Lipinski definition) is 2. The number of benzene rings is 1. The summed E-state index contributed by atoms with van der Waals surface area (Å²) >= 11 is 0. The number of anilines is 1. The highest BCUT2D eigenvalue weighted by Gasteiger charge is 2.15. The summed E-state index contributed by atoms with van der Waals surface area (Å²) in [6.07, 6.45) is 0.0121. The molecule has 0 aromatic heterocycles. The third-order valence-electron chi connectivity index (χ3n) is 2.70. The van der Waals surface area contributed by atoms with Crippen molar-refractivity contribution in [1.82, 2.24) is 4.72 Å². The number of nitrogens with one attached hydrogen (secondary N) is 2. The van der Waals surface area contributed by atoms with Crippen molar-refractivity contribution in [1.29, 1.82) is 0 Å². The third-order valence-corrected chi connectivity index (χ3v) is 4.38.